The lowest BCUT2D eigenvalue weighted by atomic mass is 10.3. The van der Waals surface area contributed by atoms with Crippen LogP contribution >= 0.6 is 24.0 Å². The van der Waals surface area contributed by atoms with E-state index in [1.807, 2.05) is 4.90 Å². The predicted molar refractivity (Wildman–Crippen MR) is 88.0 cm³/mol. The minimum absolute atomic E-state index is 0.141. The Morgan fingerprint density at radius 3 is 3.05 bits per heavy atom. The van der Waals surface area contributed by atoms with Crippen LogP contribution in [0.1, 0.15) is 12.6 Å². The van der Waals surface area contributed by atoms with Gasteiger partial charge in [-0.05, 0) is 12.1 Å². The van der Waals surface area contributed by atoms with Crippen LogP contribution in [-0.2, 0) is 9.84 Å². The number of thioether (sulfide) groups is 1. The fourth-order valence-electron chi connectivity index (χ4n) is 2.10. The molecule has 110 valence electrons. The van der Waals surface area contributed by atoms with Gasteiger partial charge in [-0.3, -0.25) is 4.98 Å². The molecule has 2 rings (SSSR count). The number of hydrogen-bond acceptors (Lipinski definition) is 6. The molecule has 1 aromatic rings. The van der Waals surface area contributed by atoms with Crippen LogP contribution in [0, 0.1) is 0 Å². The lowest BCUT2D eigenvalue weighted by molar-refractivity contribution is 0.579. The summed E-state index contributed by atoms with van der Waals surface area (Å²) in [7, 11) is -3.13. The molecule has 1 aliphatic rings. The molecule has 0 aliphatic carbocycles. The molecule has 0 aromatic carbocycles. The minimum Gasteiger partial charge on any atom is -0.388 e. The van der Waals surface area contributed by atoms with Gasteiger partial charge in [0.15, 0.2) is 9.84 Å². The van der Waals surface area contributed by atoms with Crippen molar-refractivity contribution in [2.75, 3.05) is 28.7 Å². The molecule has 0 bridgehead atoms. The van der Waals surface area contributed by atoms with E-state index in [0.29, 0.717) is 18.0 Å². The standard InChI is InChI=1S/C12H17N3O2S3/c1-2-20(16,17)11-8-19-6-5-15(11)9-3-4-14-10(7-9)12(13)18/h3-4,7,11H,2,5-6,8H2,1H3,(H2,13,18). The summed E-state index contributed by atoms with van der Waals surface area (Å²) < 4.78 is 24.5. The summed E-state index contributed by atoms with van der Waals surface area (Å²) in [5.74, 6) is 1.63. The van der Waals surface area contributed by atoms with Crippen LogP contribution < -0.4 is 10.6 Å². The molecule has 1 aliphatic heterocycles. The van der Waals surface area contributed by atoms with Gasteiger partial charge in [-0.15, -0.1) is 0 Å². The first kappa shape index (κ1) is 15.5. The number of thiocarbonyl (C=S) groups is 1. The highest BCUT2D eigenvalue weighted by Crippen LogP contribution is 2.27. The average molecular weight is 331 g/mol. The van der Waals surface area contributed by atoms with E-state index in [0.717, 1.165) is 11.4 Å². The topological polar surface area (TPSA) is 76.3 Å². The van der Waals surface area contributed by atoms with E-state index in [9.17, 15) is 8.42 Å². The Kier molecular flexibility index (Phi) is 4.87. The monoisotopic (exact) mass is 331 g/mol. The summed E-state index contributed by atoms with van der Waals surface area (Å²) in [4.78, 5) is 6.22. The quantitative estimate of drug-likeness (QED) is 0.826. The highest BCUT2D eigenvalue weighted by molar-refractivity contribution is 8.01. The van der Waals surface area contributed by atoms with Crippen LogP contribution in [0.25, 0.3) is 0 Å². The number of nitrogens with two attached hydrogens (primary N) is 1. The molecule has 0 amide bonds. The Hall–Kier alpha value is -0.860. The summed E-state index contributed by atoms with van der Waals surface area (Å²) in [5.41, 5.74) is 6.91. The van der Waals surface area contributed by atoms with Crippen molar-refractivity contribution in [3.63, 3.8) is 0 Å². The Bertz CT molecular complexity index is 604. The summed E-state index contributed by atoms with van der Waals surface area (Å²) in [5, 5.41) is -0.493. The number of anilines is 1. The maximum atomic E-state index is 12.2. The Morgan fingerprint density at radius 2 is 2.40 bits per heavy atom. The molecule has 1 unspecified atom stereocenters. The van der Waals surface area contributed by atoms with Gasteiger partial charge in [0.1, 0.15) is 10.4 Å². The van der Waals surface area contributed by atoms with E-state index >= 15 is 0 Å². The fraction of sp³-hybridized carbons (Fsp3) is 0.500. The summed E-state index contributed by atoms with van der Waals surface area (Å²) in [6, 6.07) is 3.56. The minimum atomic E-state index is -3.13. The summed E-state index contributed by atoms with van der Waals surface area (Å²) in [6.07, 6.45) is 1.61. The first-order valence-electron chi connectivity index (χ1n) is 6.27. The van der Waals surface area contributed by atoms with Crippen LogP contribution in [0.15, 0.2) is 18.3 Å². The van der Waals surface area contributed by atoms with Crippen LogP contribution in [0.2, 0.25) is 0 Å². The lowest BCUT2D eigenvalue weighted by Gasteiger charge is -2.36. The van der Waals surface area contributed by atoms with Crippen molar-refractivity contribution in [2.24, 2.45) is 5.73 Å². The predicted octanol–water partition coefficient (Wildman–Crippen LogP) is 1.03. The zero-order valence-electron chi connectivity index (χ0n) is 11.2. The van der Waals surface area contributed by atoms with Crippen molar-refractivity contribution in [2.45, 2.75) is 12.3 Å². The molecular formula is C12H17N3O2S3. The molecule has 20 heavy (non-hydrogen) atoms. The van der Waals surface area contributed by atoms with E-state index in [2.05, 4.69) is 4.98 Å². The molecule has 0 saturated carbocycles. The smallest absolute Gasteiger partial charge is 0.171 e. The molecule has 0 radical (unpaired) electrons. The van der Waals surface area contributed by atoms with Crippen molar-refractivity contribution in [3.05, 3.63) is 24.0 Å². The first-order valence-corrected chi connectivity index (χ1v) is 9.55. The van der Waals surface area contributed by atoms with Crippen LogP contribution in [-0.4, -0.2) is 47.6 Å². The van der Waals surface area contributed by atoms with Crippen molar-refractivity contribution in [1.82, 2.24) is 4.98 Å². The lowest BCUT2D eigenvalue weighted by Crippen LogP contribution is -2.48. The SMILES string of the molecule is CCS(=O)(=O)C1CSCCN1c1ccnc(C(N)=S)c1. The second-order valence-electron chi connectivity index (χ2n) is 4.44. The van der Waals surface area contributed by atoms with Crippen LogP contribution in [0.4, 0.5) is 5.69 Å². The Labute approximate surface area is 128 Å². The van der Waals surface area contributed by atoms with Gasteiger partial charge in [0.2, 0.25) is 0 Å². The molecule has 1 fully saturated rings. The zero-order valence-corrected chi connectivity index (χ0v) is 13.6. The third kappa shape index (κ3) is 3.24. The summed E-state index contributed by atoms with van der Waals surface area (Å²) in [6.45, 7) is 2.37. The van der Waals surface area contributed by atoms with Gasteiger partial charge in [0.05, 0.1) is 5.69 Å². The van der Waals surface area contributed by atoms with Gasteiger partial charge in [-0.25, -0.2) is 8.42 Å². The maximum Gasteiger partial charge on any atom is 0.171 e. The van der Waals surface area contributed by atoms with Gasteiger partial charge in [0.25, 0.3) is 0 Å². The van der Waals surface area contributed by atoms with Gasteiger partial charge in [-0.2, -0.15) is 11.8 Å². The van der Waals surface area contributed by atoms with E-state index < -0.39 is 15.2 Å². The number of hydrogen-bond donors (Lipinski definition) is 1. The third-order valence-electron chi connectivity index (χ3n) is 3.23. The molecule has 2 heterocycles. The van der Waals surface area contributed by atoms with Crippen LogP contribution in [0.5, 0.6) is 0 Å². The number of nitrogens with zero attached hydrogens (tertiary/aromatic N) is 2. The number of aromatic nitrogens is 1. The molecule has 1 atom stereocenters. The van der Waals surface area contributed by atoms with Crippen LogP contribution in [0.3, 0.4) is 0 Å². The zero-order chi connectivity index (χ0) is 14.8. The average Bonchev–Trinajstić information content (AvgIpc) is 2.47. The number of pyridine rings is 1. The number of sulfone groups is 1. The van der Waals surface area contributed by atoms with Crippen molar-refractivity contribution in [3.8, 4) is 0 Å². The molecular weight excluding hydrogens is 314 g/mol. The van der Waals surface area contributed by atoms with Gasteiger partial charge < -0.3 is 10.6 Å². The normalized spacial score (nSPS) is 19.9. The highest BCUT2D eigenvalue weighted by atomic mass is 32.2. The molecule has 0 spiro atoms. The second kappa shape index (κ2) is 6.28. The van der Waals surface area contributed by atoms with Crippen molar-refractivity contribution < 1.29 is 8.42 Å². The molecule has 1 saturated heterocycles. The van der Waals surface area contributed by atoms with E-state index in [1.54, 1.807) is 37.0 Å². The highest BCUT2D eigenvalue weighted by Gasteiger charge is 2.33. The van der Waals surface area contributed by atoms with E-state index in [4.69, 9.17) is 18.0 Å². The largest absolute Gasteiger partial charge is 0.388 e. The van der Waals surface area contributed by atoms with Gasteiger partial charge in [0, 0.05) is 35.7 Å². The molecule has 5 nitrogen and oxygen atoms in total. The van der Waals surface area contributed by atoms with E-state index in [-0.39, 0.29) is 10.7 Å². The van der Waals surface area contributed by atoms with Crippen molar-refractivity contribution in [1.29, 1.82) is 0 Å². The molecule has 8 heteroatoms. The van der Waals surface area contributed by atoms with Gasteiger partial charge >= 0.3 is 0 Å². The molecule has 1 aromatic heterocycles. The third-order valence-corrected chi connectivity index (χ3v) is 6.73. The summed E-state index contributed by atoms with van der Waals surface area (Å²) >= 11 is 6.59. The number of rotatable bonds is 4. The maximum absolute atomic E-state index is 12.2. The molecule has 2 N–H and O–H groups in total. The first-order chi connectivity index (χ1) is 9.45. The second-order valence-corrected chi connectivity index (χ2v) is 8.47. The fourth-order valence-corrected chi connectivity index (χ4v) is 5.20. The Morgan fingerprint density at radius 1 is 1.65 bits per heavy atom. The van der Waals surface area contributed by atoms with E-state index in [1.165, 1.54) is 0 Å². The van der Waals surface area contributed by atoms with Crippen molar-refractivity contribution >= 4 is 44.5 Å². The Balaban J connectivity index is 2.38. The van der Waals surface area contributed by atoms with Gasteiger partial charge in [-0.1, -0.05) is 19.1 Å².